The highest BCUT2D eigenvalue weighted by Gasteiger charge is 2.17. The standard InChI is InChI=1S/C10H12N4O2/c1-4-16-10(15)9-13-12-8-5-6(2)11-7(3)14(8)9/h5H,4H2,1-3H3. The molecule has 0 fully saturated rings. The summed E-state index contributed by atoms with van der Waals surface area (Å²) in [5.74, 6) is 0.355. The summed E-state index contributed by atoms with van der Waals surface area (Å²) >= 11 is 0. The Morgan fingerprint density at radius 3 is 2.88 bits per heavy atom. The molecule has 6 nitrogen and oxygen atoms in total. The number of fused-ring (bicyclic) bond motifs is 1. The highest BCUT2D eigenvalue weighted by atomic mass is 16.5. The fraction of sp³-hybridized carbons (Fsp3) is 0.400. The highest BCUT2D eigenvalue weighted by Crippen LogP contribution is 2.08. The lowest BCUT2D eigenvalue weighted by molar-refractivity contribution is 0.0510. The number of aryl methyl sites for hydroxylation is 2. The van der Waals surface area contributed by atoms with Crippen molar-refractivity contribution < 1.29 is 9.53 Å². The van der Waals surface area contributed by atoms with Gasteiger partial charge < -0.3 is 4.74 Å². The van der Waals surface area contributed by atoms with E-state index in [2.05, 4.69) is 15.2 Å². The van der Waals surface area contributed by atoms with Crippen LogP contribution < -0.4 is 0 Å². The molecule has 16 heavy (non-hydrogen) atoms. The molecule has 0 unspecified atom stereocenters. The number of hydrogen-bond acceptors (Lipinski definition) is 5. The van der Waals surface area contributed by atoms with Gasteiger partial charge in [0.15, 0.2) is 5.65 Å². The topological polar surface area (TPSA) is 69.4 Å². The van der Waals surface area contributed by atoms with E-state index in [0.717, 1.165) is 5.69 Å². The second kappa shape index (κ2) is 3.88. The third-order valence-corrected chi connectivity index (χ3v) is 2.15. The van der Waals surface area contributed by atoms with Gasteiger partial charge in [-0.05, 0) is 20.8 Å². The maximum Gasteiger partial charge on any atom is 0.376 e. The van der Waals surface area contributed by atoms with Gasteiger partial charge in [0.05, 0.1) is 6.61 Å². The first kappa shape index (κ1) is 10.5. The molecule has 2 aromatic heterocycles. The van der Waals surface area contributed by atoms with Crippen LogP contribution >= 0.6 is 0 Å². The van der Waals surface area contributed by atoms with Crippen LogP contribution in [0.5, 0.6) is 0 Å². The molecule has 0 aliphatic carbocycles. The zero-order chi connectivity index (χ0) is 11.7. The number of aromatic nitrogens is 4. The van der Waals surface area contributed by atoms with E-state index in [1.807, 2.05) is 6.92 Å². The Balaban J connectivity index is 2.60. The second-order valence-corrected chi connectivity index (χ2v) is 3.38. The maximum absolute atomic E-state index is 11.6. The number of carbonyl (C=O) groups excluding carboxylic acids is 1. The van der Waals surface area contributed by atoms with Crippen LogP contribution in [0.25, 0.3) is 5.65 Å². The zero-order valence-corrected chi connectivity index (χ0v) is 9.39. The third kappa shape index (κ3) is 1.62. The average Bonchev–Trinajstić information content (AvgIpc) is 2.61. The second-order valence-electron chi connectivity index (χ2n) is 3.38. The maximum atomic E-state index is 11.6. The van der Waals surface area contributed by atoms with Crippen molar-refractivity contribution in [2.75, 3.05) is 6.61 Å². The molecule has 0 radical (unpaired) electrons. The lowest BCUT2D eigenvalue weighted by atomic mass is 10.4. The van der Waals surface area contributed by atoms with Gasteiger partial charge in [-0.25, -0.2) is 9.78 Å². The molecule has 0 aromatic carbocycles. The molecular formula is C10H12N4O2. The minimum absolute atomic E-state index is 0.168. The van der Waals surface area contributed by atoms with Gasteiger partial charge in [0.2, 0.25) is 5.82 Å². The Bertz CT molecular complexity index is 547. The summed E-state index contributed by atoms with van der Waals surface area (Å²) in [5, 5.41) is 7.73. The van der Waals surface area contributed by atoms with E-state index >= 15 is 0 Å². The summed E-state index contributed by atoms with van der Waals surface area (Å²) in [6, 6.07) is 1.77. The van der Waals surface area contributed by atoms with Crippen LogP contribution in [0.15, 0.2) is 6.07 Å². The van der Waals surface area contributed by atoms with Crippen LogP contribution in [0.1, 0.15) is 29.1 Å². The highest BCUT2D eigenvalue weighted by molar-refractivity contribution is 5.86. The number of nitrogens with zero attached hydrogens (tertiary/aromatic N) is 4. The van der Waals surface area contributed by atoms with Gasteiger partial charge >= 0.3 is 5.97 Å². The molecule has 0 aliphatic heterocycles. The Labute approximate surface area is 92.3 Å². The molecule has 0 amide bonds. The van der Waals surface area contributed by atoms with Gasteiger partial charge in [-0.2, -0.15) is 0 Å². The smallest absolute Gasteiger partial charge is 0.376 e. The Morgan fingerprint density at radius 1 is 1.44 bits per heavy atom. The molecule has 0 saturated heterocycles. The van der Waals surface area contributed by atoms with Gasteiger partial charge in [-0.15, -0.1) is 10.2 Å². The summed E-state index contributed by atoms with van der Waals surface area (Å²) < 4.78 is 6.48. The number of rotatable bonds is 2. The Kier molecular flexibility index (Phi) is 2.55. The van der Waals surface area contributed by atoms with E-state index < -0.39 is 5.97 Å². The first-order valence-electron chi connectivity index (χ1n) is 5.00. The molecule has 2 rings (SSSR count). The molecule has 0 spiro atoms. The van der Waals surface area contributed by atoms with Crippen LogP contribution in [-0.2, 0) is 4.74 Å². The van der Waals surface area contributed by atoms with E-state index in [-0.39, 0.29) is 5.82 Å². The quantitative estimate of drug-likeness (QED) is 0.704. The number of hydrogen-bond donors (Lipinski definition) is 0. The van der Waals surface area contributed by atoms with Crippen molar-refractivity contribution in [2.45, 2.75) is 20.8 Å². The van der Waals surface area contributed by atoms with Gasteiger partial charge in [0.1, 0.15) is 5.82 Å². The molecule has 0 bridgehead atoms. The first-order chi connectivity index (χ1) is 7.63. The van der Waals surface area contributed by atoms with Crippen molar-refractivity contribution in [3.05, 3.63) is 23.4 Å². The molecule has 0 atom stereocenters. The molecule has 6 heteroatoms. The molecule has 2 aromatic rings. The SMILES string of the molecule is CCOC(=O)c1nnc2cc(C)nc(C)n12. The third-order valence-electron chi connectivity index (χ3n) is 2.15. The van der Waals surface area contributed by atoms with Crippen LogP contribution in [0.3, 0.4) is 0 Å². The summed E-state index contributed by atoms with van der Waals surface area (Å²) in [6.45, 7) is 5.72. The number of carbonyl (C=O) groups is 1. The van der Waals surface area contributed by atoms with E-state index in [1.165, 1.54) is 0 Å². The number of ether oxygens (including phenoxy) is 1. The van der Waals surface area contributed by atoms with Crippen LogP contribution in [0, 0.1) is 13.8 Å². The molecule has 0 N–H and O–H groups in total. The van der Waals surface area contributed by atoms with Crippen LogP contribution in [-0.4, -0.2) is 32.2 Å². The molecule has 84 valence electrons. The van der Waals surface area contributed by atoms with Gasteiger partial charge in [0, 0.05) is 11.8 Å². The van der Waals surface area contributed by atoms with Crippen LogP contribution in [0.2, 0.25) is 0 Å². The normalized spacial score (nSPS) is 10.7. The zero-order valence-electron chi connectivity index (χ0n) is 9.39. The lowest BCUT2D eigenvalue weighted by Gasteiger charge is -2.03. The molecule has 0 aliphatic rings. The predicted octanol–water partition coefficient (Wildman–Crippen LogP) is 0.918. The largest absolute Gasteiger partial charge is 0.460 e. The van der Waals surface area contributed by atoms with E-state index in [4.69, 9.17) is 4.74 Å². The van der Waals surface area contributed by atoms with Crippen molar-refractivity contribution in [2.24, 2.45) is 0 Å². The van der Waals surface area contributed by atoms with Gasteiger partial charge in [-0.1, -0.05) is 0 Å². The Morgan fingerprint density at radius 2 is 2.19 bits per heavy atom. The molecule has 0 saturated carbocycles. The Hall–Kier alpha value is -1.98. The minimum Gasteiger partial charge on any atom is -0.460 e. The molecule has 2 heterocycles. The van der Waals surface area contributed by atoms with Crippen molar-refractivity contribution in [3.63, 3.8) is 0 Å². The summed E-state index contributed by atoms with van der Waals surface area (Å²) in [5.41, 5.74) is 1.45. The molecular weight excluding hydrogens is 208 g/mol. The predicted molar refractivity (Wildman–Crippen MR) is 56.2 cm³/mol. The van der Waals surface area contributed by atoms with Crippen LogP contribution in [0.4, 0.5) is 0 Å². The first-order valence-corrected chi connectivity index (χ1v) is 5.00. The van der Waals surface area contributed by atoms with Gasteiger partial charge in [-0.3, -0.25) is 4.40 Å². The minimum atomic E-state index is -0.483. The summed E-state index contributed by atoms with van der Waals surface area (Å²) in [7, 11) is 0. The fourth-order valence-corrected chi connectivity index (χ4v) is 1.56. The van der Waals surface area contributed by atoms with E-state index in [0.29, 0.717) is 18.1 Å². The van der Waals surface area contributed by atoms with Crippen molar-refractivity contribution in [1.29, 1.82) is 0 Å². The number of esters is 1. The van der Waals surface area contributed by atoms with Gasteiger partial charge in [0.25, 0.3) is 0 Å². The lowest BCUT2D eigenvalue weighted by Crippen LogP contribution is -2.11. The van der Waals surface area contributed by atoms with Crippen molar-refractivity contribution in [3.8, 4) is 0 Å². The van der Waals surface area contributed by atoms with E-state index in [1.54, 1.807) is 24.3 Å². The summed E-state index contributed by atoms with van der Waals surface area (Å²) in [6.07, 6.45) is 0. The van der Waals surface area contributed by atoms with E-state index in [9.17, 15) is 4.79 Å². The average molecular weight is 220 g/mol. The van der Waals surface area contributed by atoms with Crippen molar-refractivity contribution >= 4 is 11.6 Å². The fourth-order valence-electron chi connectivity index (χ4n) is 1.56. The monoisotopic (exact) mass is 220 g/mol. The van der Waals surface area contributed by atoms with Crippen molar-refractivity contribution in [1.82, 2.24) is 19.6 Å². The summed E-state index contributed by atoms with van der Waals surface area (Å²) in [4.78, 5) is 15.8.